The van der Waals surface area contributed by atoms with Gasteiger partial charge in [0.2, 0.25) is 0 Å². The van der Waals surface area contributed by atoms with Crippen molar-refractivity contribution < 1.29 is 75.8 Å². The molecule has 4 saturated heterocycles. The van der Waals surface area contributed by atoms with E-state index in [2.05, 4.69) is 5.16 Å². The molecule has 5 rings (SSSR count). The van der Waals surface area contributed by atoms with Crippen molar-refractivity contribution in [2.24, 2.45) is 0 Å². The lowest BCUT2D eigenvalue weighted by Crippen LogP contribution is -2.62. The molecule has 0 saturated carbocycles. The normalized spacial score (nSPS) is 35.6. The molecule has 17 heteroatoms. The summed E-state index contributed by atoms with van der Waals surface area (Å²) in [6, 6.07) is 1.66. The fraction of sp³-hybridized carbons (Fsp3) is 0.767. The summed E-state index contributed by atoms with van der Waals surface area (Å²) in [5.74, 6) is -4.80. The first-order valence-corrected chi connectivity index (χ1v) is 15.2. The molecule has 0 spiro atoms. The Bertz CT molecular complexity index is 1330. The first-order valence-electron chi connectivity index (χ1n) is 15.2. The number of esters is 4. The van der Waals surface area contributed by atoms with E-state index in [0.29, 0.717) is 5.69 Å². The molecule has 0 radical (unpaired) electrons. The molecule has 47 heavy (non-hydrogen) atoms. The van der Waals surface area contributed by atoms with Crippen LogP contribution in [0.2, 0.25) is 0 Å². The van der Waals surface area contributed by atoms with Crippen LogP contribution in [0.4, 0.5) is 0 Å². The quantitative estimate of drug-likeness (QED) is 0.255. The van der Waals surface area contributed by atoms with E-state index in [4.69, 9.17) is 56.6 Å². The molecule has 1 aromatic rings. The smallest absolute Gasteiger partial charge is 0.303 e. The maximum Gasteiger partial charge on any atom is 0.303 e. The topological polar surface area (TPSA) is 196 Å². The average Bonchev–Trinajstić information content (AvgIpc) is 3.70. The monoisotopic (exact) mass is 671 g/mol. The molecule has 0 unspecified atom stereocenters. The molecule has 0 N–H and O–H groups in total. The second-order valence-corrected chi connectivity index (χ2v) is 12.6. The van der Waals surface area contributed by atoms with Crippen LogP contribution in [0.15, 0.2) is 10.6 Å². The Morgan fingerprint density at radius 2 is 1.47 bits per heavy atom. The molecule has 4 fully saturated rings. The molecule has 4 aliphatic heterocycles. The molecule has 4 aliphatic rings. The highest BCUT2D eigenvalue weighted by atomic mass is 16.8. The van der Waals surface area contributed by atoms with Gasteiger partial charge in [0.05, 0.1) is 18.2 Å². The van der Waals surface area contributed by atoms with Crippen LogP contribution in [0, 0.1) is 0 Å². The van der Waals surface area contributed by atoms with Crippen molar-refractivity contribution in [1.29, 1.82) is 0 Å². The number of nitrogens with zero attached hydrogens (tertiary/aromatic N) is 1. The van der Waals surface area contributed by atoms with E-state index in [9.17, 15) is 19.2 Å². The van der Waals surface area contributed by atoms with E-state index in [1.807, 2.05) is 13.8 Å². The summed E-state index contributed by atoms with van der Waals surface area (Å²) in [5, 5.41) is 4.28. The Morgan fingerprint density at radius 1 is 0.809 bits per heavy atom. The van der Waals surface area contributed by atoms with Crippen molar-refractivity contribution in [3.63, 3.8) is 0 Å². The minimum absolute atomic E-state index is 0.247. The minimum atomic E-state index is -1.39. The first kappa shape index (κ1) is 35.1. The predicted molar refractivity (Wildman–Crippen MR) is 150 cm³/mol. The van der Waals surface area contributed by atoms with Crippen LogP contribution in [-0.4, -0.2) is 109 Å². The number of carbonyl (C=O) groups is 4. The van der Waals surface area contributed by atoms with Crippen molar-refractivity contribution >= 4 is 23.9 Å². The second-order valence-electron chi connectivity index (χ2n) is 12.6. The third kappa shape index (κ3) is 8.28. The Kier molecular flexibility index (Phi) is 10.3. The largest absolute Gasteiger partial charge is 0.463 e. The third-order valence-electron chi connectivity index (χ3n) is 7.74. The van der Waals surface area contributed by atoms with Crippen LogP contribution in [0.25, 0.3) is 0 Å². The highest BCUT2D eigenvalue weighted by Gasteiger charge is 2.59. The van der Waals surface area contributed by atoms with Crippen LogP contribution < -0.4 is 0 Å². The lowest BCUT2D eigenvalue weighted by atomic mass is 9.91. The van der Waals surface area contributed by atoms with E-state index in [0.717, 1.165) is 20.8 Å². The maximum absolute atomic E-state index is 12.1. The van der Waals surface area contributed by atoms with Crippen molar-refractivity contribution in [2.75, 3.05) is 13.2 Å². The summed E-state index contributed by atoms with van der Waals surface area (Å²) in [5.41, 5.74) is 0.484. The van der Waals surface area contributed by atoms with E-state index >= 15 is 0 Å². The summed E-state index contributed by atoms with van der Waals surface area (Å²) in [7, 11) is 0. The third-order valence-corrected chi connectivity index (χ3v) is 7.74. The Balaban J connectivity index is 1.37. The van der Waals surface area contributed by atoms with E-state index in [1.165, 1.54) is 6.92 Å². The molecule has 0 amide bonds. The molecular weight excluding hydrogens is 630 g/mol. The molecule has 5 heterocycles. The van der Waals surface area contributed by atoms with Crippen LogP contribution in [0.1, 0.15) is 72.8 Å². The van der Waals surface area contributed by atoms with Gasteiger partial charge in [-0.15, -0.1) is 0 Å². The van der Waals surface area contributed by atoms with Crippen LogP contribution >= 0.6 is 0 Å². The van der Waals surface area contributed by atoms with E-state index < -0.39 is 103 Å². The Morgan fingerprint density at radius 3 is 2.09 bits per heavy atom. The summed E-state index contributed by atoms with van der Waals surface area (Å²) < 4.78 is 69.3. The van der Waals surface area contributed by atoms with Gasteiger partial charge in [0.25, 0.3) is 0 Å². The molecule has 262 valence electrons. The summed E-state index contributed by atoms with van der Waals surface area (Å²) >= 11 is 0. The molecule has 17 nitrogen and oxygen atoms in total. The summed E-state index contributed by atoms with van der Waals surface area (Å²) in [6.45, 7) is 11.4. The van der Waals surface area contributed by atoms with Crippen LogP contribution in [0.5, 0.6) is 0 Å². The van der Waals surface area contributed by atoms with Gasteiger partial charge in [0.15, 0.2) is 48.2 Å². The van der Waals surface area contributed by atoms with Gasteiger partial charge in [-0.25, -0.2) is 0 Å². The Labute approximate surface area is 270 Å². The number of ether oxygens (including phenoxy) is 11. The van der Waals surface area contributed by atoms with E-state index in [1.54, 1.807) is 19.9 Å². The van der Waals surface area contributed by atoms with Gasteiger partial charge in [-0.05, 0) is 27.7 Å². The standard InChI is InChI=1S/C30H41NO16/c1-13(32)36-11-19-23(39-14(2)33)25(40-15(3)34)26(41-16(4)35)27(42-19)37-10-17-9-18(31-47-17)21-22(20-12-38-29(5,6)44-20)43-28-24(21)45-30(7,8)46-28/h9,19-28H,10-12H2,1-8H3/t19-,20-,21-,22-,23-,24-,25+,26-,27-,28-/m1/s1. The summed E-state index contributed by atoms with van der Waals surface area (Å²) in [4.78, 5) is 47.8. The highest BCUT2D eigenvalue weighted by molar-refractivity contribution is 5.68. The van der Waals surface area contributed by atoms with Gasteiger partial charge in [-0.3, -0.25) is 19.2 Å². The van der Waals surface area contributed by atoms with Gasteiger partial charge < -0.3 is 56.6 Å². The molecule has 10 atom stereocenters. The summed E-state index contributed by atoms with van der Waals surface area (Å²) in [6.07, 6.45) is -8.82. The van der Waals surface area contributed by atoms with Crippen molar-refractivity contribution in [3.05, 3.63) is 17.5 Å². The van der Waals surface area contributed by atoms with Crippen molar-refractivity contribution in [2.45, 2.75) is 135 Å². The Hall–Kier alpha value is -3.19. The number of hydrogen-bond acceptors (Lipinski definition) is 17. The molecule has 0 aromatic carbocycles. The molecule has 0 aliphatic carbocycles. The van der Waals surface area contributed by atoms with Gasteiger partial charge in [0.1, 0.15) is 37.6 Å². The predicted octanol–water partition coefficient (Wildman–Crippen LogP) is 1.39. The van der Waals surface area contributed by atoms with Crippen LogP contribution in [-0.2, 0) is 77.9 Å². The van der Waals surface area contributed by atoms with Crippen molar-refractivity contribution in [1.82, 2.24) is 5.16 Å². The zero-order valence-corrected chi connectivity index (χ0v) is 27.5. The number of rotatable bonds is 10. The fourth-order valence-corrected chi connectivity index (χ4v) is 6.11. The maximum atomic E-state index is 12.1. The number of fused-ring (bicyclic) bond motifs is 1. The minimum Gasteiger partial charge on any atom is -0.463 e. The zero-order valence-electron chi connectivity index (χ0n) is 27.5. The lowest BCUT2D eigenvalue weighted by molar-refractivity contribution is -0.311. The van der Waals surface area contributed by atoms with E-state index in [-0.39, 0.29) is 19.0 Å². The highest BCUT2D eigenvalue weighted by Crippen LogP contribution is 2.48. The van der Waals surface area contributed by atoms with Gasteiger partial charge in [0, 0.05) is 33.8 Å². The van der Waals surface area contributed by atoms with Gasteiger partial charge in [-0.1, -0.05) is 5.16 Å². The number of aromatic nitrogens is 1. The second kappa shape index (κ2) is 13.7. The number of hydrogen-bond donors (Lipinski definition) is 0. The fourth-order valence-electron chi connectivity index (χ4n) is 6.11. The molecule has 1 aromatic heterocycles. The number of carbonyl (C=O) groups excluding carboxylic acids is 4. The zero-order chi connectivity index (χ0) is 34.3. The van der Waals surface area contributed by atoms with Gasteiger partial charge in [-0.2, -0.15) is 0 Å². The molecular formula is C30H41NO16. The van der Waals surface area contributed by atoms with Crippen molar-refractivity contribution in [3.8, 4) is 0 Å². The lowest BCUT2D eigenvalue weighted by Gasteiger charge is -2.43. The average molecular weight is 672 g/mol. The SMILES string of the molecule is CC(=O)OC[C@H]1O[C@@H](OCc2cc([C@H]3[C@H]4OC(C)(C)O[C@H]4O[C@@H]3[C@H]3COC(C)(C)O3)no2)[C@H](OC(C)=O)[C@@H](OC(C)=O)[C@@H]1OC(C)=O. The van der Waals surface area contributed by atoms with Crippen LogP contribution in [0.3, 0.4) is 0 Å². The first-order chi connectivity index (χ1) is 22.0. The van der Waals surface area contributed by atoms with Gasteiger partial charge >= 0.3 is 23.9 Å². The molecule has 0 bridgehead atoms.